The number of carbonyl (C=O) groups excluding carboxylic acids is 4. The average Bonchev–Trinajstić information content (AvgIpc) is 3.43. The summed E-state index contributed by atoms with van der Waals surface area (Å²) < 4.78 is 67.9. The fourth-order valence-electron chi connectivity index (χ4n) is 9.25. The Labute approximate surface area is 498 Å². The zero-order chi connectivity index (χ0) is 61.1. The lowest BCUT2D eigenvalue weighted by atomic mass is 10.0. The zero-order valence-corrected chi connectivity index (χ0v) is 54.9. The minimum Gasteiger partial charge on any atom is -0.462 e. The van der Waals surface area contributed by atoms with E-state index in [0.717, 1.165) is 115 Å². The molecule has 486 valence electrons. The number of hydrogen-bond acceptors (Lipinski definition) is 15. The van der Waals surface area contributed by atoms with E-state index in [1.54, 1.807) is 0 Å². The summed E-state index contributed by atoms with van der Waals surface area (Å²) in [7, 11) is -9.89. The highest BCUT2D eigenvalue weighted by Crippen LogP contribution is 2.45. The molecule has 0 amide bonds. The number of aliphatic hydroxyl groups is 1. The van der Waals surface area contributed by atoms with Crippen LogP contribution in [0.5, 0.6) is 0 Å². The Bertz CT molecular complexity index is 1530. The number of ether oxygens (including phenoxy) is 4. The molecule has 0 rings (SSSR count). The first-order valence-corrected chi connectivity index (χ1v) is 35.7. The van der Waals surface area contributed by atoms with Crippen molar-refractivity contribution in [3.8, 4) is 0 Å². The number of hydrogen-bond donors (Lipinski definition) is 3. The Morgan fingerprint density at radius 1 is 0.305 bits per heavy atom. The van der Waals surface area contributed by atoms with Crippen molar-refractivity contribution in [3.63, 3.8) is 0 Å². The van der Waals surface area contributed by atoms with Gasteiger partial charge in [-0.05, 0) is 49.4 Å². The number of unbranched alkanes of at least 4 members (excludes halogenated alkanes) is 26. The van der Waals surface area contributed by atoms with Crippen LogP contribution in [0.1, 0.15) is 299 Å². The smallest absolute Gasteiger partial charge is 0.462 e. The second kappa shape index (κ2) is 53.3. The Hall–Kier alpha value is -1.94. The van der Waals surface area contributed by atoms with Crippen molar-refractivity contribution in [2.24, 2.45) is 23.7 Å². The minimum atomic E-state index is -4.94. The normalized spacial score (nSPS) is 14.5. The number of phosphoric acid groups is 2. The predicted octanol–water partition coefficient (Wildman–Crippen LogP) is 17.0. The number of rotatable bonds is 60. The molecule has 0 bridgehead atoms. The molecule has 0 radical (unpaired) electrons. The molecule has 0 aromatic heterocycles. The SMILES string of the molecule is CC(C)CCCCCCCCCCCC(=O)O[C@H](COC(=O)CCCCCCCCC(C)C)COP(=O)(O)OCC(O)COP(=O)(O)OC[C@@H](COC(=O)CCCCCCCCC(C)C)OC(=O)CCCCCCCCCCCC(C)C. The molecular formula is C63H122O17P2. The fraction of sp³-hybridized carbons (Fsp3) is 0.937. The van der Waals surface area contributed by atoms with Gasteiger partial charge >= 0.3 is 39.5 Å². The van der Waals surface area contributed by atoms with Crippen molar-refractivity contribution in [1.82, 2.24) is 0 Å². The van der Waals surface area contributed by atoms with Gasteiger partial charge in [0.05, 0.1) is 26.4 Å². The fourth-order valence-corrected chi connectivity index (χ4v) is 10.8. The number of phosphoric ester groups is 2. The first-order valence-electron chi connectivity index (χ1n) is 32.7. The summed E-state index contributed by atoms with van der Waals surface area (Å²) in [5.41, 5.74) is 0. The first kappa shape index (κ1) is 80.1. The van der Waals surface area contributed by atoms with Gasteiger partial charge in [0.25, 0.3) is 0 Å². The van der Waals surface area contributed by atoms with Crippen LogP contribution < -0.4 is 0 Å². The summed E-state index contributed by atoms with van der Waals surface area (Å²) in [5.74, 6) is 0.688. The summed E-state index contributed by atoms with van der Waals surface area (Å²) in [6, 6.07) is 0. The Balaban J connectivity index is 5.25. The van der Waals surface area contributed by atoms with Crippen molar-refractivity contribution in [2.45, 2.75) is 318 Å². The summed E-state index contributed by atoms with van der Waals surface area (Å²) in [6.07, 6.45) is 32.4. The maximum Gasteiger partial charge on any atom is 0.472 e. The standard InChI is InChI=1S/C63H122O17P2/c1-53(2)39-31-23-15-11-9-13-17-29-37-45-62(67)79-58(49-73-60(65)43-35-27-21-19-25-33-41-55(5)6)51-77-81(69,70)75-47-57(64)48-76-82(71,72)78-52-59(50-74-61(66)44-36-28-22-20-26-34-42-56(7)8)80-63(68)46-38-30-18-14-10-12-16-24-32-40-54(3)4/h53-59,64H,9-52H2,1-8H3,(H,69,70)(H,71,72)/t58-,59-/m1/s1. The summed E-state index contributed by atoms with van der Waals surface area (Å²) in [6.45, 7) is 13.9. The van der Waals surface area contributed by atoms with Crippen LogP contribution in [0.2, 0.25) is 0 Å². The van der Waals surface area contributed by atoms with Gasteiger partial charge in [0.2, 0.25) is 0 Å². The van der Waals surface area contributed by atoms with Crippen molar-refractivity contribution < 1.29 is 80.2 Å². The molecule has 4 atom stereocenters. The van der Waals surface area contributed by atoms with E-state index in [-0.39, 0.29) is 25.7 Å². The molecule has 0 aromatic rings. The molecule has 17 nitrogen and oxygen atoms in total. The van der Waals surface area contributed by atoms with E-state index in [0.29, 0.717) is 37.5 Å². The minimum absolute atomic E-state index is 0.103. The van der Waals surface area contributed by atoms with Gasteiger partial charge in [-0.3, -0.25) is 37.3 Å². The highest BCUT2D eigenvalue weighted by molar-refractivity contribution is 7.47. The van der Waals surface area contributed by atoms with Crippen LogP contribution in [0, 0.1) is 23.7 Å². The third-order valence-corrected chi connectivity index (χ3v) is 16.2. The predicted molar refractivity (Wildman–Crippen MR) is 326 cm³/mol. The van der Waals surface area contributed by atoms with Gasteiger partial charge in [0.1, 0.15) is 19.3 Å². The second-order valence-corrected chi connectivity index (χ2v) is 27.6. The largest absolute Gasteiger partial charge is 0.472 e. The van der Waals surface area contributed by atoms with E-state index in [4.69, 9.17) is 37.0 Å². The Kier molecular flexibility index (Phi) is 52.0. The molecule has 19 heteroatoms. The first-order chi connectivity index (χ1) is 39.1. The highest BCUT2D eigenvalue weighted by Gasteiger charge is 2.30. The molecule has 0 spiro atoms. The molecule has 0 aromatic carbocycles. The van der Waals surface area contributed by atoms with Crippen LogP contribution >= 0.6 is 15.6 Å². The topological polar surface area (TPSA) is 237 Å². The summed E-state index contributed by atoms with van der Waals surface area (Å²) in [5, 5.41) is 10.5. The third kappa shape index (κ3) is 57.2. The van der Waals surface area contributed by atoms with Crippen LogP contribution in [0.4, 0.5) is 0 Å². The monoisotopic (exact) mass is 1210 g/mol. The lowest BCUT2D eigenvalue weighted by Crippen LogP contribution is -2.30. The quantitative estimate of drug-likeness (QED) is 0.0222. The summed E-state index contributed by atoms with van der Waals surface area (Å²) in [4.78, 5) is 72.1. The van der Waals surface area contributed by atoms with Gasteiger partial charge in [-0.15, -0.1) is 0 Å². The van der Waals surface area contributed by atoms with Crippen molar-refractivity contribution >= 4 is 39.5 Å². The molecular weight excluding hydrogens is 1090 g/mol. The van der Waals surface area contributed by atoms with Gasteiger partial charge in [-0.2, -0.15) is 0 Å². The molecule has 0 saturated heterocycles. The van der Waals surface area contributed by atoms with Crippen LogP contribution in [-0.2, 0) is 65.4 Å². The molecule has 0 aliphatic rings. The van der Waals surface area contributed by atoms with Crippen LogP contribution in [0.25, 0.3) is 0 Å². The zero-order valence-electron chi connectivity index (χ0n) is 53.1. The Morgan fingerprint density at radius 2 is 0.512 bits per heavy atom. The molecule has 0 fully saturated rings. The van der Waals surface area contributed by atoms with Gasteiger partial charge < -0.3 is 33.8 Å². The number of esters is 4. The van der Waals surface area contributed by atoms with E-state index >= 15 is 0 Å². The number of aliphatic hydroxyl groups excluding tert-OH is 1. The van der Waals surface area contributed by atoms with E-state index in [1.807, 2.05) is 0 Å². The lowest BCUT2D eigenvalue weighted by Gasteiger charge is -2.21. The van der Waals surface area contributed by atoms with E-state index < -0.39 is 97.5 Å². The maximum atomic E-state index is 12.9. The van der Waals surface area contributed by atoms with Crippen LogP contribution in [0.15, 0.2) is 0 Å². The second-order valence-electron chi connectivity index (χ2n) is 24.7. The number of carbonyl (C=O) groups is 4. The maximum absolute atomic E-state index is 12.9. The van der Waals surface area contributed by atoms with Crippen LogP contribution in [-0.4, -0.2) is 96.7 Å². The highest BCUT2D eigenvalue weighted by atomic mass is 31.2. The molecule has 0 aliphatic carbocycles. The van der Waals surface area contributed by atoms with E-state index in [2.05, 4.69) is 55.4 Å². The molecule has 0 heterocycles. The molecule has 0 aliphatic heterocycles. The molecule has 0 saturated carbocycles. The van der Waals surface area contributed by atoms with Gasteiger partial charge in [-0.1, -0.05) is 248 Å². The molecule has 82 heavy (non-hydrogen) atoms. The van der Waals surface area contributed by atoms with Gasteiger partial charge in [-0.25, -0.2) is 9.13 Å². The van der Waals surface area contributed by atoms with Crippen molar-refractivity contribution in [1.29, 1.82) is 0 Å². The third-order valence-electron chi connectivity index (χ3n) is 14.3. The average molecular weight is 1210 g/mol. The van der Waals surface area contributed by atoms with E-state index in [1.165, 1.54) is 89.9 Å². The van der Waals surface area contributed by atoms with Crippen molar-refractivity contribution in [3.05, 3.63) is 0 Å². The molecule has 3 N–H and O–H groups in total. The lowest BCUT2D eigenvalue weighted by molar-refractivity contribution is -0.161. The van der Waals surface area contributed by atoms with Gasteiger partial charge in [0, 0.05) is 25.7 Å². The van der Waals surface area contributed by atoms with Gasteiger partial charge in [0.15, 0.2) is 12.2 Å². The van der Waals surface area contributed by atoms with Crippen molar-refractivity contribution in [2.75, 3.05) is 39.6 Å². The van der Waals surface area contributed by atoms with E-state index in [9.17, 15) is 43.2 Å². The Morgan fingerprint density at radius 3 is 0.756 bits per heavy atom. The molecule has 2 unspecified atom stereocenters. The van der Waals surface area contributed by atoms with Crippen LogP contribution in [0.3, 0.4) is 0 Å². The summed E-state index contributed by atoms with van der Waals surface area (Å²) >= 11 is 0.